The molecule has 1 aliphatic carbocycles. The van der Waals surface area contributed by atoms with Gasteiger partial charge in [0.05, 0.1) is 0 Å². The van der Waals surface area contributed by atoms with E-state index in [2.05, 4.69) is 0 Å². The lowest BCUT2D eigenvalue weighted by molar-refractivity contribution is 0.0366. The normalized spacial score (nSPS) is 30.8. The number of hydrogen-bond acceptors (Lipinski definition) is 3. The summed E-state index contributed by atoms with van der Waals surface area (Å²) in [5, 5.41) is 0. The summed E-state index contributed by atoms with van der Waals surface area (Å²) in [6, 6.07) is 0.0414. The fourth-order valence-corrected chi connectivity index (χ4v) is 2.73. The number of amides is 1. The zero-order valence-electron chi connectivity index (χ0n) is 10.6. The van der Waals surface area contributed by atoms with Crippen molar-refractivity contribution in [2.75, 3.05) is 13.1 Å². The van der Waals surface area contributed by atoms with Crippen molar-refractivity contribution in [3.05, 3.63) is 0 Å². The third-order valence-corrected chi connectivity index (χ3v) is 3.87. The number of nitrogens with zero attached hydrogens (tertiary/aromatic N) is 1. The summed E-state index contributed by atoms with van der Waals surface area (Å²) in [5.74, 6) is 0. The highest BCUT2D eigenvalue weighted by molar-refractivity contribution is 5.67. The largest absolute Gasteiger partial charge is 0.444 e. The maximum atomic E-state index is 12.0. The fraction of sp³-hybridized carbons (Fsp3) is 0.923. The lowest BCUT2D eigenvalue weighted by Crippen LogP contribution is -2.44. The van der Waals surface area contributed by atoms with Crippen LogP contribution in [0.3, 0.4) is 0 Å². The van der Waals surface area contributed by atoms with Gasteiger partial charge in [0.25, 0.3) is 0 Å². The van der Waals surface area contributed by atoms with E-state index in [-0.39, 0.29) is 18.2 Å². The molecule has 4 heteroatoms. The van der Waals surface area contributed by atoms with E-state index in [4.69, 9.17) is 10.5 Å². The monoisotopic (exact) mass is 240 g/mol. The van der Waals surface area contributed by atoms with Gasteiger partial charge in [0.2, 0.25) is 0 Å². The maximum absolute atomic E-state index is 12.0. The van der Waals surface area contributed by atoms with E-state index >= 15 is 0 Å². The van der Waals surface area contributed by atoms with E-state index < -0.39 is 0 Å². The molecule has 98 valence electrons. The van der Waals surface area contributed by atoms with Crippen molar-refractivity contribution in [1.82, 2.24) is 4.90 Å². The number of ether oxygens (including phenoxy) is 1. The average Bonchev–Trinajstić information content (AvgIpc) is 2.61. The Bertz CT molecular complexity index is 250. The molecule has 1 saturated carbocycles. The van der Waals surface area contributed by atoms with Gasteiger partial charge in [0.15, 0.2) is 0 Å². The Kier molecular flexibility index (Phi) is 4.66. The van der Waals surface area contributed by atoms with Crippen molar-refractivity contribution in [2.24, 2.45) is 5.73 Å². The molecule has 0 unspecified atom stereocenters. The maximum Gasteiger partial charge on any atom is 0.410 e. The van der Waals surface area contributed by atoms with Gasteiger partial charge >= 0.3 is 6.09 Å². The lowest BCUT2D eigenvalue weighted by atomic mass is 9.93. The summed E-state index contributed by atoms with van der Waals surface area (Å²) in [6.45, 7) is 1.70. The van der Waals surface area contributed by atoms with E-state index in [9.17, 15) is 4.79 Å². The molecule has 0 radical (unpaired) electrons. The number of hydrogen-bond donors (Lipinski definition) is 1. The van der Waals surface area contributed by atoms with Crippen LogP contribution >= 0.6 is 0 Å². The van der Waals surface area contributed by atoms with E-state index in [0.29, 0.717) is 0 Å². The molecule has 2 N–H and O–H groups in total. The highest BCUT2D eigenvalue weighted by Gasteiger charge is 2.27. The summed E-state index contributed by atoms with van der Waals surface area (Å²) >= 11 is 0. The van der Waals surface area contributed by atoms with Crippen LogP contribution in [0.5, 0.6) is 0 Å². The zero-order chi connectivity index (χ0) is 12.1. The molecule has 1 saturated heterocycles. The average molecular weight is 240 g/mol. The summed E-state index contributed by atoms with van der Waals surface area (Å²) in [7, 11) is 0. The minimum atomic E-state index is -0.144. The SMILES string of the molecule is N[C@@H]1CCCC[C@H]1OC(=O)N1CCCCCC1. The zero-order valence-corrected chi connectivity index (χ0v) is 10.6. The second-order valence-corrected chi connectivity index (χ2v) is 5.27. The van der Waals surface area contributed by atoms with E-state index in [1.807, 2.05) is 4.90 Å². The minimum absolute atomic E-state index is 0.0414. The number of carbonyl (C=O) groups excluding carboxylic acids is 1. The highest BCUT2D eigenvalue weighted by Crippen LogP contribution is 2.21. The van der Waals surface area contributed by atoms with E-state index in [1.165, 1.54) is 19.3 Å². The molecule has 0 aromatic heterocycles. The molecule has 2 fully saturated rings. The molecule has 1 amide bonds. The third-order valence-electron chi connectivity index (χ3n) is 3.87. The molecule has 0 spiro atoms. The van der Waals surface area contributed by atoms with Crippen molar-refractivity contribution in [2.45, 2.75) is 63.5 Å². The third kappa shape index (κ3) is 3.60. The van der Waals surface area contributed by atoms with Gasteiger partial charge in [0, 0.05) is 19.1 Å². The van der Waals surface area contributed by atoms with Crippen molar-refractivity contribution < 1.29 is 9.53 Å². The first-order valence-electron chi connectivity index (χ1n) is 6.98. The molecule has 1 heterocycles. The van der Waals surface area contributed by atoms with Crippen LogP contribution in [0.25, 0.3) is 0 Å². The Hall–Kier alpha value is -0.770. The van der Waals surface area contributed by atoms with Crippen molar-refractivity contribution in [1.29, 1.82) is 0 Å². The summed E-state index contributed by atoms with van der Waals surface area (Å²) in [5.41, 5.74) is 5.99. The smallest absolute Gasteiger partial charge is 0.410 e. The Labute approximate surface area is 103 Å². The molecule has 0 aromatic carbocycles. The summed E-state index contributed by atoms with van der Waals surface area (Å²) in [4.78, 5) is 13.9. The topological polar surface area (TPSA) is 55.6 Å². The van der Waals surface area contributed by atoms with Crippen LogP contribution in [-0.4, -0.2) is 36.2 Å². The molecule has 4 nitrogen and oxygen atoms in total. The van der Waals surface area contributed by atoms with Crippen LogP contribution in [-0.2, 0) is 4.74 Å². The van der Waals surface area contributed by atoms with Crippen LogP contribution in [0.4, 0.5) is 4.79 Å². The predicted octanol–water partition coefficient (Wildman–Crippen LogP) is 2.27. The van der Waals surface area contributed by atoms with Crippen LogP contribution in [0.15, 0.2) is 0 Å². The van der Waals surface area contributed by atoms with Crippen molar-refractivity contribution >= 4 is 6.09 Å². The van der Waals surface area contributed by atoms with Gasteiger partial charge in [-0.2, -0.15) is 0 Å². The van der Waals surface area contributed by atoms with Crippen molar-refractivity contribution in [3.8, 4) is 0 Å². The van der Waals surface area contributed by atoms with Crippen LogP contribution < -0.4 is 5.73 Å². The predicted molar refractivity (Wildman–Crippen MR) is 66.8 cm³/mol. The van der Waals surface area contributed by atoms with Gasteiger partial charge in [0.1, 0.15) is 6.10 Å². The van der Waals surface area contributed by atoms with E-state index in [1.54, 1.807) is 0 Å². The molecule has 1 aliphatic heterocycles. The quantitative estimate of drug-likeness (QED) is 0.765. The first kappa shape index (κ1) is 12.7. The molecule has 0 aromatic rings. The molecular weight excluding hydrogens is 216 g/mol. The first-order chi connectivity index (χ1) is 8.27. The summed E-state index contributed by atoms with van der Waals surface area (Å²) in [6.07, 6.45) is 8.68. The molecule has 17 heavy (non-hydrogen) atoms. The Morgan fingerprint density at radius 3 is 2.29 bits per heavy atom. The van der Waals surface area contributed by atoms with Gasteiger partial charge < -0.3 is 15.4 Å². The van der Waals surface area contributed by atoms with Gasteiger partial charge in [-0.05, 0) is 32.1 Å². The molecule has 2 aliphatic rings. The standard InChI is InChI=1S/C13H24N2O2/c14-11-7-3-4-8-12(11)17-13(16)15-9-5-1-2-6-10-15/h11-12H,1-10,14H2/t11-,12-/m1/s1. The fourth-order valence-electron chi connectivity index (χ4n) is 2.73. The highest BCUT2D eigenvalue weighted by atomic mass is 16.6. The Morgan fingerprint density at radius 2 is 1.65 bits per heavy atom. The van der Waals surface area contributed by atoms with Gasteiger partial charge in [-0.1, -0.05) is 19.3 Å². The second-order valence-electron chi connectivity index (χ2n) is 5.27. The van der Waals surface area contributed by atoms with Crippen LogP contribution in [0.1, 0.15) is 51.4 Å². The van der Waals surface area contributed by atoms with Crippen molar-refractivity contribution in [3.63, 3.8) is 0 Å². The number of likely N-dealkylation sites (tertiary alicyclic amines) is 1. The first-order valence-corrected chi connectivity index (χ1v) is 6.98. The number of rotatable bonds is 1. The molecule has 0 bridgehead atoms. The van der Waals surface area contributed by atoms with Crippen LogP contribution in [0, 0.1) is 0 Å². The molecule has 2 rings (SSSR count). The second kappa shape index (κ2) is 6.24. The number of nitrogens with two attached hydrogens (primary N) is 1. The Morgan fingerprint density at radius 1 is 1.00 bits per heavy atom. The van der Waals surface area contributed by atoms with Gasteiger partial charge in [-0.25, -0.2) is 4.79 Å². The number of carbonyl (C=O) groups is 1. The molecular formula is C13H24N2O2. The van der Waals surface area contributed by atoms with Crippen LogP contribution in [0.2, 0.25) is 0 Å². The van der Waals surface area contributed by atoms with Gasteiger partial charge in [-0.15, -0.1) is 0 Å². The Balaban J connectivity index is 1.82. The molecule has 2 atom stereocenters. The van der Waals surface area contributed by atoms with Gasteiger partial charge in [-0.3, -0.25) is 0 Å². The lowest BCUT2D eigenvalue weighted by Gasteiger charge is -2.30. The summed E-state index contributed by atoms with van der Waals surface area (Å²) < 4.78 is 5.56. The van der Waals surface area contributed by atoms with E-state index in [0.717, 1.165) is 45.2 Å². The minimum Gasteiger partial charge on any atom is -0.444 e.